The van der Waals surface area contributed by atoms with Gasteiger partial charge in [0.25, 0.3) is 0 Å². The van der Waals surface area contributed by atoms with E-state index in [0.29, 0.717) is 11.5 Å². The molecular formula is C38H37NO8. The second kappa shape index (κ2) is 15.1. The summed E-state index contributed by atoms with van der Waals surface area (Å²) in [5.41, 5.74) is 3.20. The molecule has 1 unspecified atom stereocenters. The molecule has 1 saturated heterocycles. The Hall–Kier alpha value is -5.57. The lowest BCUT2D eigenvalue weighted by Gasteiger charge is -2.52. The summed E-state index contributed by atoms with van der Waals surface area (Å²) in [6.45, 7) is 5.75. The van der Waals surface area contributed by atoms with E-state index in [2.05, 4.69) is 6.58 Å². The quantitative estimate of drug-likeness (QED) is 0.0914. The third-order valence-electron chi connectivity index (χ3n) is 8.14. The Bertz CT molecular complexity index is 1630. The van der Waals surface area contributed by atoms with E-state index in [1.807, 2.05) is 84.9 Å². The first kappa shape index (κ1) is 32.8. The second-order valence-corrected chi connectivity index (χ2v) is 11.1. The van der Waals surface area contributed by atoms with Gasteiger partial charge in [-0.25, -0.2) is 9.59 Å². The van der Waals surface area contributed by atoms with Gasteiger partial charge in [-0.05, 0) is 53.4 Å². The summed E-state index contributed by atoms with van der Waals surface area (Å²) in [6, 6.07) is 31.6. The molecule has 1 heterocycles. The van der Waals surface area contributed by atoms with Gasteiger partial charge in [0.05, 0.1) is 37.8 Å². The van der Waals surface area contributed by atoms with Crippen LogP contribution in [0, 0.1) is 5.92 Å². The van der Waals surface area contributed by atoms with Gasteiger partial charge < -0.3 is 28.6 Å². The van der Waals surface area contributed by atoms with Gasteiger partial charge in [-0.3, -0.25) is 4.79 Å². The van der Waals surface area contributed by atoms with Crippen LogP contribution in [-0.2, 0) is 37.0 Å². The molecule has 0 N–H and O–H groups in total. The zero-order chi connectivity index (χ0) is 33.3. The van der Waals surface area contributed by atoms with Gasteiger partial charge in [-0.15, -0.1) is 0 Å². The van der Waals surface area contributed by atoms with E-state index in [9.17, 15) is 14.4 Å². The molecule has 3 atom stereocenters. The molecule has 0 aliphatic carbocycles. The molecule has 1 aliphatic rings. The standard InChI is InChI=1S/C38H37NO8/c1-25(37(41)45-23-27-11-7-5-8-12-27)34-33(26(2)47-38(42)46-24-28-13-9-6-10-14-28)36(40)39(34)35(29-15-19-31(43-3)20-16-29)30-17-21-32(44-4)22-18-30/h5-22,26,33-35H,1,23-24H2,2-4H3/t26?,33-,34-/m1/s1. The Morgan fingerprint density at radius 2 is 1.19 bits per heavy atom. The van der Waals surface area contributed by atoms with Gasteiger partial charge in [0.2, 0.25) is 5.91 Å². The molecule has 1 amide bonds. The minimum Gasteiger partial charge on any atom is -0.497 e. The van der Waals surface area contributed by atoms with Gasteiger partial charge >= 0.3 is 12.1 Å². The SMILES string of the molecule is C=C(C(=O)OCc1ccccc1)[C@@H]1[C@@H](C(C)OC(=O)OCc2ccccc2)C(=O)N1C(c1ccc(OC)cc1)c1ccc(OC)cc1. The topological polar surface area (TPSA) is 101 Å². The average Bonchev–Trinajstić information content (AvgIpc) is 3.11. The fourth-order valence-electron chi connectivity index (χ4n) is 5.66. The molecule has 5 rings (SSSR count). The van der Waals surface area contributed by atoms with Crippen molar-refractivity contribution in [2.75, 3.05) is 14.2 Å². The van der Waals surface area contributed by atoms with E-state index in [1.165, 1.54) is 0 Å². The van der Waals surface area contributed by atoms with Crippen molar-refractivity contribution in [2.45, 2.75) is 38.3 Å². The largest absolute Gasteiger partial charge is 0.508 e. The molecule has 0 spiro atoms. The summed E-state index contributed by atoms with van der Waals surface area (Å²) < 4.78 is 27.3. The molecule has 4 aromatic rings. The Morgan fingerprint density at radius 1 is 0.723 bits per heavy atom. The fourth-order valence-corrected chi connectivity index (χ4v) is 5.66. The van der Waals surface area contributed by atoms with E-state index in [4.69, 9.17) is 23.7 Å². The third kappa shape index (κ3) is 7.64. The van der Waals surface area contributed by atoms with E-state index >= 15 is 0 Å². The average molecular weight is 636 g/mol. The summed E-state index contributed by atoms with van der Waals surface area (Å²) in [4.78, 5) is 42.0. The van der Waals surface area contributed by atoms with E-state index < -0.39 is 36.2 Å². The fraction of sp³-hybridized carbons (Fsp3) is 0.237. The maximum Gasteiger partial charge on any atom is 0.508 e. The zero-order valence-electron chi connectivity index (χ0n) is 26.5. The van der Waals surface area contributed by atoms with Crippen LogP contribution in [0.15, 0.2) is 121 Å². The molecule has 0 radical (unpaired) electrons. The predicted octanol–water partition coefficient (Wildman–Crippen LogP) is 6.66. The summed E-state index contributed by atoms with van der Waals surface area (Å²) in [5.74, 6) is -0.612. The van der Waals surface area contributed by atoms with Crippen LogP contribution in [0.2, 0.25) is 0 Å². The van der Waals surface area contributed by atoms with Gasteiger partial charge in [-0.2, -0.15) is 0 Å². The monoisotopic (exact) mass is 635 g/mol. The van der Waals surface area contributed by atoms with E-state index in [-0.39, 0.29) is 24.7 Å². The number of carbonyl (C=O) groups is 3. The molecule has 0 saturated carbocycles. The van der Waals surface area contributed by atoms with Crippen LogP contribution in [0.4, 0.5) is 4.79 Å². The van der Waals surface area contributed by atoms with Crippen molar-refractivity contribution in [3.63, 3.8) is 0 Å². The first-order valence-corrected chi connectivity index (χ1v) is 15.2. The molecule has 0 aromatic heterocycles. The predicted molar refractivity (Wildman–Crippen MR) is 175 cm³/mol. The summed E-state index contributed by atoms with van der Waals surface area (Å²) in [7, 11) is 3.15. The highest BCUT2D eigenvalue weighted by Crippen LogP contribution is 2.45. The van der Waals surface area contributed by atoms with Crippen LogP contribution in [0.1, 0.15) is 35.2 Å². The smallest absolute Gasteiger partial charge is 0.497 e. The molecular weight excluding hydrogens is 598 g/mol. The number of rotatable bonds is 13. The third-order valence-corrected chi connectivity index (χ3v) is 8.14. The maximum atomic E-state index is 14.2. The summed E-state index contributed by atoms with van der Waals surface area (Å²) >= 11 is 0. The molecule has 47 heavy (non-hydrogen) atoms. The number of esters is 1. The highest BCUT2D eigenvalue weighted by Gasteiger charge is 2.56. The van der Waals surface area contributed by atoms with Gasteiger partial charge in [0.1, 0.15) is 30.8 Å². The van der Waals surface area contributed by atoms with Crippen molar-refractivity contribution >= 4 is 18.0 Å². The van der Waals surface area contributed by atoms with Crippen LogP contribution in [0.25, 0.3) is 0 Å². The molecule has 1 aliphatic heterocycles. The molecule has 9 heteroatoms. The van der Waals surface area contributed by atoms with Crippen molar-refractivity contribution in [1.82, 2.24) is 4.90 Å². The van der Waals surface area contributed by atoms with Crippen molar-refractivity contribution in [2.24, 2.45) is 5.92 Å². The van der Waals surface area contributed by atoms with Gasteiger partial charge in [0, 0.05) is 0 Å². The Morgan fingerprint density at radius 3 is 1.66 bits per heavy atom. The highest BCUT2D eigenvalue weighted by atomic mass is 16.7. The van der Waals surface area contributed by atoms with Crippen molar-refractivity contribution in [1.29, 1.82) is 0 Å². The number of nitrogens with zero attached hydrogens (tertiary/aromatic N) is 1. The number of hydrogen-bond donors (Lipinski definition) is 0. The Kier molecular flexibility index (Phi) is 10.6. The van der Waals surface area contributed by atoms with Crippen molar-refractivity contribution in [3.05, 3.63) is 144 Å². The van der Waals surface area contributed by atoms with E-state index in [1.54, 1.807) is 50.3 Å². The molecule has 4 aromatic carbocycles. The summed E-state index contributed by atoms with van der Waals surface area (Å²) in [5, 5.41) is 0. The Balaban J connectivity index is 1.44. The normalized spacial score (nSPS) is 16.1. The summed E-state index contributed by atoms with van der Waals surface area (Å²) in [6.07, 6.45) is -1.87. The minimum absolute atomic E-state index is 0.0100. The number of carbonyl (C=O) groups excluding carboxylic acids is 3. The number of β-lactam (4-membered cyclic amide) rings is 1. The number of benzene rings is 4. The van der Waals surface area contributed by atoms with Crippen LogP contribution in [0.5, 0.6) is 11.5 Å². The maximum absolute atomic E-state index is 14.2. The minimum atomic E-state index is -0.946. The van der Waals surface area contributed by atoms with Gasteiger partial charge in [-0.1, -0.05) is 91.5 Å². The van der Waals surface area contributed by atoms with Crippen molar-refractivity contribution in [3.8, 4) is 11.5 Å². The van der Waals surface area contributed by atoms with Crippen molar-refractivity contribution < 1.29 is 38.1 Å². The lowest BCUT2D eigenvalue weighted by Crippen LogP contribution is -2.66. The molecule has 242 valence electrons. The molecule has 9 nitrogen and oxygen atoms in total. The second-order valence-electron chi connectivity index (χ2n) is 11.1. The lowest BCUT2D eigenvalue weighted by molar-refractivity contribution is -0.167. The first-order chi connectivity index (χ1) is 22.8. The lowest BCUT2D eigenvalue weighted by atomic mass is 9.76. The first-order valence-electron chi connectivity index (χ1n) is 15.2. The number of likely N-dealkylation sites (tertiary alicyclic amines) is 1. The molecule has 0 bridgehead atoms. The highest BCUT2D eigenvalue weighted by molar-refractivity contribution is 5.97. The molecule has 1 fully saturated rings. The Labute approximate surface area is 274 Å². The number of methoxy groups -OCH3 is 2. The number of ether oxygens (including phenoxy) is 5. The van der Waals surface area contributed by atoms with Crippen LogP contribution in [0.3, 0.4) is 0 Å². The number of hydrogen-bond acceptors (Lipinski definition) is 8. The van der Waals surface area contributed by atoms with Crippen LogP contribution in [-0.4, -0.2) is 49.3 Å². The zero-order valence-corrected chi connectivity index (χ0v) is 26.5. The van der Waals surface area contributed by atoms with Gasteiger partial charge in [0.15, 0.2) is 0 Å². The number of amides is 1. The van der Waals surface area contributed by atoms with Crippen LogP contribution < -0.4 is 9.47 Å². The van der Waals surface area contributed by atoms with Crippen LogP contribution >= 0.6 is 0 Å². The van der Waals surface area contributed by atoms with E-state index in [0.717, 1.165) is 22.3 Å².